The summed E-state index contributed by atoms with van der Waals surface area (Å²) < 4.78 is 5.99. The van der Waals surface area contributed by atoms with Crippen molar-refractivity contribution in [1.82, 2.24) is 14.8 Å². The van der Waals surface area contributed by atoms with Crippen LogP contribution in [0.5, 0.6) is 0 Å². The molecule has 1 aliphatic rings. The van der Waals surface area contributed by atoms with Gasteiger partial charge in [0.25, 0.3) is 5.91 Å². The zero-order chi connectivity index (χ0) is 16.9. The van der Waals surface area contributed by atoms with Crippen molar-refractivity contribution in [3.05, 3.63) is 47.0 Å². The third-order valence-corrected chi connectivity index (χ3v) is 4.22. The number of rotatable bonds is 4. The van der Waals surface area contributed by atoms with Gasteiger partial charge >= 0.3 is 0 Å². The second kappa shape index (κ2) is 7.59. The fraction of sp³-hybridized carbons (Fsp3) is 0.312. The van der Waals surface area contributed by atoms with Crippen molar-refractivity contribution in [3.8, 4) is 0 Å². The van der Waals surface area contributed by atoms with Crippen LogP contribution in [0.15, 0.2) is 45.6 Å². The summed E-state index contributed by atoms with van der Waals surface area (Å²) in [5.74, 6) is 0.649. The molecule has 126 valence electrons. The number of hydrogen-bond acceptors (Lipinski definition) is 5. The van der Waals surface area contributed by atoms with E-state index in [9.17, 15) is 9.59 Å². The predicted octanol–water partition coefficient (Wildman–Crippen LogP) is 1.83. The Labute approximate surface area is 147 Å². The van der Waals surface area contributed by atoms with Gasteiger partial charge in [-0.2, -0.15) is 0 Å². The second-order valence-electron chi connectivity index (χ2n) is 5.46. The van der Waals surface area contributed by atoms with Gasteiger partial charge in [0.2, 0.25) is 5.91 Å². The minimum Gasteiger partial charge on any atom is -0.459 e. The van der Waals surface area contributed by atoms with E-state index in [4.69, 9.17) is 4.42 Å². The lowest BCUT2D eigenvalue weighted by atomic mass is 10.3. The van der Waals surface area contributed by atoms with E-state index in [1.54, 1.807) is 29.3 Å². The molecule has 8 heteroatoms. The van der Waals surface area contributed by atoms with Crippen LogP contribution >= 0.6 is 15.9 Å². The maximum Gasteiger partial charge on any atom is 0.289 e. The monoisotopic (exact) mass is 392 g/mol. The van der Waals surface area contributed by atoms with Crippen LogP contribution in [0.3, 0.4) is 0 Å². The molecule has 1 aliphatic heterocycles. The molecule has 1 N–H and O–H groups in total. The van der Waals surface area contributed by atoms with Gasteiger partial charge in [-0.1, -0.05) is 0 Å². The van der Waals surface area contributed by atoms with Gasteiger partial charge in [0, 0.05) is 36.8 Å². The molecule has 0 unspecified atom stereocenters. The minimum atomic E-state index is -0.115. The molecule has 3 heterocycles. The molecule has 2 amide bonds. The maximum atomic E-state index is 12.2. The third-order valence-electron chi connectivity index (χ3n) is 3.75. The average molecular weight is 393 g/mol. The lowest BCUT2D eigenvalue weighted by molar-refractivity contribution is -0.117. The number of aromatic nitrogens is 1. The SMILES string of the molecule is O=C(CN1CCN(C(=O)c2ccco2)CC1)Nc1ccc(Br)cn1. The van der Waals surface area contributed by atoms with E-state index in [0.29, 0.717) is 37.8 Å². The first-order chi connectivity index (χ1) is 11.6. The predicted molar refractivity (Wildman–Crippen MR) is 91.6 cm³/mol. The molecule has 3 rings (SSSR count). The zero-order valence-corrected chi connectivity index (χ0v) is 14.5. The molecule has 0 aromatic carbocycles. The number of furan rings is 1. The Morgan fingerprint density at radius 1 is 1.21 bits per heavy atom. The first-order valence-corrected chi connectivity index (χ1v) is 8.37. The van der Waals surface area contributed by atoms with Crippen LogP contribution in [0, 0.1) is 0 Å². The summed E-state index contributed by atoms with van der Waals surface area (Å²) in [5, 5.41) is 2.76. The number of pyridine rings is 1. The van der Waals surface area contributed by atoms with Gasteiger partial charge in [0.05, 0.1) is 12.8 Å². The van der Waals surface area contributed by atoms with E-state index in [1.165, 1.54) is 6.26 Å². The lowest BCUT2D eigenvalue weighted by Gasteiger charge is -2.33. The van der Waals surface area contributed by atoms with E-state index in [1.807, 2.05) is 11.0 Å². The lowest BCUT2D eigenvalue weighted by Crippen LogP contribution is -2.50. The molecule has 2 aromatic rings. The van der Waals surface area contributed by atoms with Crippen LogP contribution in [0.2, 0.25) is 0 Å². The first-order valence-electron chi connectivity index (χ1n) is 7.58. The fourth-order valence-corrected chi connectivity index (χ4v) is 2.73. The Kier molecular flexibility index (Phi) is 5.27. The van der Waals surface area contributed by atoms with Crippen molar-refractivity contribution in [2.45, 2.75) is 0 Å². The highest BCUT2D eigenvalue weighted by Crippen LogP contribution is 2.11. The van der Waals surface area contributed by atoms with E-state index in [2.05, 4.69) is 26.2 Å². The normalized spacial score (nSPS) is 15.3. The number of amides is 2. The van der Waals surface area contributed by atoms with Crippen LogP contribution in [-0.2, 0) is 4.79 Å². The Balaban J connectivity index is 1.46. The van der Waals surface area contributed by atoms with Crippen LogP contribution in [0.25, 0.3) is 0 Å². The van der Waals surface area contributed by atoms with Crippen molar-refractivity contribution in [1.29, 1.82) is 0 Å². The number of carbonyl (C=O) groups excluding carboxylic acids is 2. The van der Waals surface area contributed by atoms with Gasteiger partial charge in [-0.25, -0.2) is 4.98 Å². The highest BCUT2D eigenvalue weighted by molar-refractivity contribution is 9.10. The van der Waals surface area contributed by atoms with Crippen LogP contribution in [0.1, 0.15) is 10.6 Å². The second-order valence-corrected chi connectivity index (χ2v) is 6.37. The van der Waals surface area contributed by atoms with Gasteiger partial charge in [-0.15, -0.1) is 0 Å². The quantitative estimate of drug-likeness (QED) is 0.858. The molecule has 0 atom stereocenters. The summed E-state index contributed by atoms with van der Waals surface area (Å²) in [6.45, 7) is 2.72. The minimum absolute atomic E-state index is 0.108. The molecule has 0 bridgehead atoms. The molecule has 24 heavy (non-hydrogen) atoms. The van der Waals surface area contributed by atoms with Crippen molar-refractivity contribution < 1.29 is 14.0 Å². The molecule has 0 saturated carbocycles. The fourth-order valence-electron chi connectivity index (χ4n) is 2.50. The number of halogens is 1. The summed E-state index contributed by atoms with van der Waals surface area (Å²) in [4.78, 5) is 32.1. The number of anilines is 1. The summed E-state index contributed by atoms with van der Waals surface area (Å²) in [7, 11) is 0. The van der Waals surface area contributed by atoms with E-state index in [-0.39, 0.29) is 18.4 Å². The van der Waals surface area contributed by atoms with Gasteiger partial charge in [0.1, 0.15) is 5.82 Å². The molecular weight excluding hydrogens is 376 g/mol. The molecule has 0 aliphatic carbocycles. The first kappa shape index (κ1) is 16.7. The summed E-state index contributed by atoms with van der Waals surface area (Å²) in [6, 6.07) is 6.92. The number of hydrogen-bond donors (Lipinski definition) is 1. The highest BCUT2D eigenvalue weighted by Gasteiger charge is 2.24. The van der Waals surface area contributed by atoms with Crippen molar-refractivity contribution in [3.63, 3.8) is 0 Å². The largest absolute Gasteiger partial charge is 0.459 e. The van der Waals surface area contributed by atoms with E-state index < -0.39 is 0 Å². The average Bonchev–Trinajstić information content (AvgIpc) is 3.11. The molecule has 0 spiro atoms. The molecule has 1 fully saturated rings. The highest BCUT2D eigenvalue weighted by atomic mass is 79.9. The zero-order valence-electron chi connectivity index (χ0n) is 12.9. The van der Waals surface area contributed by atoms with Crippen molar-refractivity contribution in [2.75, 3.05) is 38.0 Å². The smallest absolute Gasteiger partial charge is 0.289 e. The summed E-state index contributed by atoms with van der Waals surface area (Å²) in [6.07, 6.45) is 3.12. The summed E-state index contributed by atoms with van der Waals surface area (Å²) >= 11 is 3.30. The molecule has 0 radical (unpaired) electrons. The van der Waals surface area contributed by atoms with Gasteiger partial charge in [-0.05, 0) is 40.2 Å². The maximum absolute atomic E-state index is 12.2. The van der Waals surface area contributed by atoms with Gasteiger partial charge in [0.15, 0.2) is 5.76 Å². The van der Waals surface area contributed by atoms with Crippen LogP contribution in [-0.4, -0.2) is 59.3 Å². The molecular formula is C16H17BrN4O3. The number of carbonyl (C=O) groups is 2. The van der Waals surface area contributed by atoms with Crippen molar-refractivity contribution >= 4 is 33.6 Å². The third kappa shape index (κ3) is 4.21. The van der Waals surface area contributed by atoms with E-state index in [0.717, 1.165) is 4.47 Å². The Morgan fingerprint density at radius 3 is 2.62 bits per heavy atom. The summed E-state index contributed by atoms with van der Waals surface area (Å²) in [5.41, 5.74) is 0. The molecule has 1 saturated heterocycles. The number of nitrogens with one attached hydrogen (secondary N) is 1. The molecule has 7 nitrogen and oxygen atoms in total. The number of nitrogens with zero attached hydrogens (tertiary/aromatic N) is 3. The standard InChI is InChI=1S/C16H17BrN4O3/c17-12-3-4-14(18-10-12)19-15(22)11-20-5-7-21(8-6-20)16(23)13-2-1-9-24-13/h1-4,9-10H,5-8,11H2,(H,18,19,22). The Morgan fingerprint density at radius 2 is 2.00 bits per heavy atom. The van der Waals surface area contributed by atoms with E-state index >= 15 is 0 Å². The number of piperazine rings is 1. The van der Waals surface area contributed by atoms with Gasteiger partial charge in [-0.3, -0.25) is 14.5 Å². The Bertz CT molecular complexity index is 695. The molecule has 2 aromatic heterocycles. The van der Waals surface area contributed by atoms with Crippen LogP contribution in [0.4, 0.5) is 5.82 Å². The topological polar surface area (TPSA) is 78.7 Å². The van der Waals surface area contributed by atoms with Crippen molar-refractivity contribution in [2.24, 2.45) is 0 Å². The van der Waals surface area contributed by atoms with Crippen LogP contribution < -0.4 is 5.32 Å². The van der Waals surface area contributed by atoms with Gasteiger partial charge < -0.3 is 14.6 Å². The Hall–Kier alpha value is -2.19.